The topological polar surface area (TPSA) is 25.8 Å². The van der Waals surface area contributed by atoms with Gasteiger partial charge in [0.2, 0.25) is 0 Å². The predicted octanol–water partition coefficient (Wildman–Crippen LogP) is 5.70. The highest BCUT2D eigenvalue weighted by molar-refractivity contribution is 7.19. The SMILES string of the molecule is CCc1sc2ncnc(Cl)c2c1-c1ccc(C(C)C)cc1. The van der Waals surface area contributed by atoms with Crippen molar-refractivity contribution < 1.29 is 0 Å². The zero-order valence-corrected chi connectivity index (χ0v) is 13.9. The molecule has 108 valence electrons. The van der Waals surface area contributed by atoms with Crippen LogP contribution in [0.5, 0.6) is 0 Å². The van der Waals surface area contributed by atoms with Crippen molar-refractivity contribution in [3.63, 3.8) is 0 Å². The number of benzene rings is 1. The van der Waals surface area contributed by atoms with E-state index in [1.54, 1.807) is 11.3 Å². The van der Waals surface area contributed by atoms with Crippen LogP contribution >= 0.6 is 22.9 Å². The number of halogens is 1. The van der Waals surface area contributed by atoms with Crippen molar-refractivity contribution >= 4 is 33.2 Å². The molecule has 0 aliphatic heterocycles. The first kappa shape index (κ1) is 14.5. The van der Waals surface area contributed by atoms with Crippen LogP contribution in [-0.4, -0.2) is 9.97 Å². The molecule has 0 saturated heterocycles. The summed E-state index contributed by atoms with van der Waals surface area (Å²) in [6.45, 7) is 6.58. The van der Waals surface area contributed by atoms with E-state index in [0.717, 1.165) is 16.6 Å². The van der Waals surface area contributed by atoms with Gasteiger partial charge in [-0.1, -0.05) is 56.6 Å². The van der Waals surface area contributed by atoms with Gasteiger partial charge in [-0.05, 0) is 23.5 Å². The fourth-order valence-electron chi connectivity index (χ4n) is 2.53. The number of rotatable bonds is 3. The minimum atomic E-state index is 0.538. The Morgan fingerprint density at radius 3 is 2.48 bits per heavy atom. The van der Waals surface area contributed by atoms with E-state index >= 15 is 0 Å². The maximum absolute atomic E-state index is 6.32. The van der Waals surface area contributed by atoms with Gasteiger partial charge in [0.05, 0.1) is 5.39 Å². The first-order valence-corrected chi connectivity index (χ1v) is 8.33. The molecule has 0 bridgehead atoms. The third kappa shape index (κ3) is 2.56. The average molecular weight is 317 g/mol. The van der Waals surface area contributed by atoms with Crippen molar-refractivity contribution in [2.45, 2.75) is 33.1 Å². The van der Waals surface area contributed by atoms with E-state index in [2.05, 4.69) is 55.0 Å². The summed E-state index contributed by atoms with van der Waals surface area (Å²) >= 11 is 8.03. The highest BCUT2D eigenvalue weighted by atomic mass is 35.5. The van der Waals surface area contributed by atoms with Crippen LogP contribution in [0.1, 0.15) is 37.1 Å². The predicted molar refractivity (Wildman–Crippen MR) is 91.3 cm³/mol. The van der Waals surface area contributed by atoms with Gasteiger partial charge < -0.3 is 0 Å². The third-order valence-electron chi connectivity index (χ3n) is 3.70. The van der Waals surface area contributed by atoms with Crippen LogP contribution in [0.25, 0.3) is 21.3 Å². The Morgan fingerprint density at radius 1 is 1.14 bits per heavy atom. The number of hydrogen-bond acceptors (Lipinski definition) is 3. The van der Waals surface area contributed by atoms with E-state index in [9.17, 15) is 0 Å². The number of thiophene rings is 1. The Morgan fingerprint density at radius 2 is 1.86 bits per heavy atom. The quantitative estimate of drug-likeness (QED) is 0.579. The number of aryl methyl sites for hydroxylation is 1. The molecule has 1 aromatic carbocycles. The summed E-state index contributed by atoms with van der Waals surface area (Å²) in [4.78, 5) is 10.8. The van der Waals surface area contributed by atoms with Gasteiger partial charge in [0, 0.05) is 10.4 Å². The minimum Gasteiger partial charge on any atom is -0.225 e. The molecule has 0 saturated carbocycles. The number of fused-ring (bicyclic) bond motifs is 1. The third-order valence-corrected chi connectivity index (χ3v) is 5.23. The maximum Gasteiger partial charge on any atom is 0.141 e. The van der Waals surface area contributed by atoms with E-state index in [4.69, 9.17) is 11.6 Å². The Kier molecular flexibility index (Phi) is 3.96. The van der Waals surface area contributed by atoms with Crippen LogP contribution in [0.15, 0.2) is 30.6 Å². The van der Waals surface area contributed by atoms with Crippen molar-refractivity contribution in [1.82, 2.24) is 9.97 Å². The van der Waals surface area contributed by atoms with Crippen LogP contribution in [0.2, 0.25) is 5.15 Å². The highest BCUT2D eigenvalue weighted by Gasteiger charge is 2.17. The lowest BCUT2D eigenvalue weighted by molar-refractivity contribution is 0.867. The summed E-state index contributed by atoms with van der Waals surface area (Å²) in [7, 11) is 0. The first-order chi connectivity index (χ1) is 10.1. The maximum atomic E-state index is 6.32. The Bertz CT molecular complexity index is 775. The van der Waals surface area contributed by atoms with E-state index in [1.165, 1.54) is 27.9 Å². The molecule has 0 atom stereocenters. The summed E-state index contributed by atoms with van der Waals surface area (Å²) in [6, 6.07) is 8.75. The van der Waals surface area contributed by atoms with Crippen LogP contribution < -0.4 is 0 Å². The molecule has 21 heavy (non-hydrogen) atoms. The van der Waals surface area contributed by atoms with Gasteiger partial charge in [-0.25, -0.2) is 9.97 Å². The zero-order chi connectivity index (χ0) is 15.0. The lowest BCUT2D eigenvalue weighted by Gasteiger charge is -2.08. The van der Waals surface area contributed by atoms with Crippen LogP contribution in [0, 0.1) is 0 Å². The first-order valence-electron chi connectivity index (χ1n) is 7.14. The van der Waals surface area contributed by atoms with Gasteiger partial charge >= 0.3 is 0 Å². The van der Waals surface area contributed by atoms with Gasteiger partial charge in [0.1, 0.15) is 16.3 Å². The standard InChI is InChI=1S/C17H17ClN2S/c1-4-13-14(12-7-5-11(6-8-12)10(2)3)15-16(18)19-9-20-17(15)21-13/h5-10H,4H2,1-3H3. The van der Waals surface area contributed by atoms with Crippen molar-refractivity contribution in [2.75, 3.05) is 0 Å². The normalized spacial score (nSPS) is 11.5. The minimum absolute atomic E-state index is 0.538. The van der Waals surface area contributed by atoms with Crippen LogP contribution in [-0.2, 0) is 6.42 Å². The molecule has 3 rings (SSSR count). The monoisotopic (exact) mass is 316 g/mol. The van der Waals surface area contributed by atoms with E-state index in [-0.39, 0.29) is 0 Å². The molecular formula is C17H17ClN2S. The molecule has 0 N–H and O–H groups in total. The number of nitrogens with zero attached hydrogens (tertiary/aromatic N) is 2. The van der Waals surface area contributed by atoms with E-state index < -0.39 is 0 Å². The Hall–Kier alpha value is -1.45. The summed E-state index contributed by atoms with van der Waals surface area (Å²) in [5.41, 5.74) is 3.73. The molecular weight excluding hydrogens is 300 g/mol. The lowest BCUT2D eigenvalue weighted by atomic mass is 9.97. The Labute approximate surface area is 133 Å². The largest absolute Gasteiger partial charge is 0.225 e. The van der Waals surface area contributed by atoms with Gasteiger partial charge in [-0.15, -0.1) is 11.3 Å². The smallest absolute Gasteiger partial charge is 0.141 e. The summed E-state index contributed by atoms with van der Waals surface area (Å²) in [6.07, 6.45) is 2.50. The van der Waals surface area contributed by atoms with E-state index in [0.29, 0.717) is 11.1 Å². The van der Waals surface area contributed by atoms with Gasteiger partial charge in [0.25, 0.3) is 0 Å². The number of hydrogen-bond donors (Lipinski definition) is 0. The van der Waals surface area contributed by atoms with Crippen molar-refractivity contribution in [2.24, 2.45) is 0 Å². The van der Waals surface area contributed by atoms with Crippen molar-refractivity contribution in [1.29, 1.82) is 0 Å². The molecule has 0 radical (unpaired) electrons. The highest BCUT2D eigenvalue weighted by Crippen LogP contribution is 2.40. The molecule has 2 aromatic heterocycles. The fraction of sp³-hybridized carbons (Fsp3) is 0.294. The van der Waals surface area contributed by atoms with Crippen LogP contribution in [0.4, 0.5) is 0 Å². The summed E-state index contributed by atoms with van der Waals surface area (Å²) in [5.74, 6) is 0.538. The molecule has 0 spiro atoms. The van der Waals surface area contributed by atoms with Gasteiger partial charge in [-0.2, -0.15) is 0 Å². The van der Waals surface area contributed by atoms with Crippen molar-refractivity contribution in [3.8, 4) is 11.1 Å². The second-order valence-corrected chi connectivity index (χ2v) is 6.82. The van der Waals surface area contributed by atoms with E-state index in [1.807, 2.05) is 0 Å². The second kappa shape index (κ2) is 5.74. The van der Waals surface area contributed by atoms with Crippen molar-refractivity contribution in [3.05, 3.63) is 46.2 Å². The molecule has 0 unspecified atom stereocenters. The lowest BCUT2D eigenvalue weighted by Crippen LogP contribution is -1.88. The number of aromatic nitrogens is 2. The molecule has 2 nitrogen and oxygen atoms in total. The average Bonchev–Trinajstić information content (AvgIpc) is 2.87. The van der Waals surface area contributed by atoms with Crippen LogP contribution in [0.3, 0.4) is 0 Å². The Balaban J connectivity index is 2.23. The zero-order valence-electron chi connectivity index (χ0n) is 12.4. The molecule has 3 aromatic rings. The van der Waals surface area contributed by atoms with Gasteiger partial charge in [0.15, 0.2) is 0 Å². The molecule has 0 amide bonds. The summed E-state index contributed by atoms with van der Waals surface area (Å²) in [5, 5.41) is 1.53. The molecule has 2 heterocycles. The molecule has 0 aliphatic carbocycles. The molecule has 0 fully saturated rings. The molecule has 4 heteroatoms. The second-order valence-electron chi connectivity index (χ2n) is 5.38. The summed E-state index contributed by atoms with van der Waals surface area (Å²) < 4.78 is 0. The molecule has 0 aliphatic rings. The fourth-order valence-corrected chi connectivity index (χ4v) is 3.92. The van der Waals surface area contributed by atoms with Gasteiger partial charge in [-0.3, -0.25) is 0 Å².